The Bertz CT molecular complexity index is 741. The molecule has 1 aliphatic heterocycles. The van der Waals surface area contributed by atoms with E-state index in [1.165, 1.54) is 31.2 Å². The van der Waals surface area contributed by atoms with Crippen molar-refractivity contribution in [3.63, 3.8) is 0 Å². The highest BCUT2D eigenvalue weighted by molar-refractivity contribution is 6.02. The van der Waals surface area contributed by atoms with E-state index in [9.17, 15) is 4.79 Å². The fourth-order valence-electron chi connectivity index (χ4n) is 5.29. The van der Waals surface area contributed by atoms with Gasteiger partial charge in [-0.1, -0.05) is 67.1 Å². The third-order valence-electron chi connectivity index (χ3n) is 6.40. The van der Waals surface area contributed by atoms with Crippen molar-refractivity contribution < 1.29 is 4.79 Å². The molecule has 122 valence electrons. The number of rotatable bonds is 4. The molecule has 0 spiro atoms. The molecule has 3 aliphatic rings. The van der Waals surface area contributed by atoms with Crippen LogP contribution in [0, 0.1) is 11.8 Å². The molecule has 2 aromatic rings. The zero-order chi connectivity index (χ0) is 16.1. The minimum Gasteiger partial charge on any atom is -0.292 e. The first-order valence-electron chi connectivity index (χ1n) is 9.24. The summed E-state index contributed by atoms with van der Waals surface area (Å²) in [5, 5.41) is 0. The zero-order valence-corrected chi connectivity index (χ0v) is 13.8. The summed E-state index contributed by atoms with van der Waals surface area (Å²) in [5.41, 5.74) is 2.16. The molecule has 2 bridgehead atoms. The lowest BCUT2D eigenvalue weighted by Gasteiger charge is -2.24. The van der Waals surface area contributed by atoms with Gasteiger partial charge in [0.05, 0.1) is 12.1 Å². The summed E-state index contributed by atoms with van der Waals surface area (Å²) in [6, 6.07) is 21.4. The number of hydrogen-bond donors (Lipinski definition) is 0. The van der Waals surface area contributed by atoms with E-state index < -0.39 is 0 Å². The van der Waals surface area contributed by atoms with Crippen molar-refractivity contribution in [2.24, 2.45) is 11.8 Å². The van der Waals surface area contributed by atoms with E-state index in [1.807, 2.05) is 30.3 Å². The molecule has 1 heterocycles. The Kier molecular flexibility index (Phi) is 3.34. The summed E-state index contributed by atoms with van der Waals surface area (Å²) in [6.07, 6.45) is 5.45. The standard InChI is InChI=1S/C22H23NO/c24-22(17-9-5-2-6-10-17)21-20(16-7-3-1-4-8-16)23(21)19-14-15-11-12-18(19)13-15/h1-10,15,18-21H,11-14H2/t15-,18+,19+,20-,21-,23?/m0/s1. The molecule has 1 saturated heterocycles. The maximum Gasteiger partial charge on any atom is 0.181 e. The topological polar surface area (TPSA) is 20.1 Å². The molecule has 2 heteroatoms. The average molecular weight is 317 g/mol. The van der Waals surface area contributed by atoms with E-state index in [4.69, 9.17) is 0 Å². The van der Waals surface area contributed by atoms with Gasteiger partial charge in [-0.05, 0) is 36.7 Å². The van der Waals surface area contributed by atoms with Gasteiger partial charge < -0.3 is 0 Å². The second-order valence-corrected chi connectivity index (χ2v) is 7.72. The predicted octanol–water partition coefficient (Wildman–Crippen LogP) is 4.48. The molecule has 6 atom stereocenters. The fourth-order valence-corrected chi connectivity index (χ4v) is 5.29. The predicted molar refractivity (Wildman–Crippen MR) is 94.8 cm³/mol. The van der Waals surface area contributed by atoms with Crippen molar-refractivity contribution in [1.82, 2.24) is 4.90 Å². The summed E-state index contributed by atoms with van der Waals surface area (Å²) < 4.78 is 0. The van der Waals surface area contributed by atoms with Gasteiger partial charge in [0.1, 0.15) is 0 Å². The third-order valence-corrected chi connectivity index (χ3v) is 6.40. The van der Waals surface area contributed by atoms with Gasteiger partial charge >= 0.3 is 0 Å². The van der Waals surface area contributed by atoms with Gasteiger partial charge in [-0.15, -0.1) is 0 Å². The van der Waals surface area contributed by atoms with Crippen molar-refractivity contribution in [2.75, 3.05) is 0 Å². The van der Waals surface area contributed by atoms with Crippen LogP contribution in [0.2, 0.25) is 0 Å². The first kappa shape index (κ1) is 14.4. The number of carbonyl (C=O) groups excluding carboxylic acids is 1. The molecule has 2 saturated carbocycles. The first-order chi connectivity index (χ1) is 11.8. The molecule has 2 aliphatic carbocycles. The third kappa shape index (κ3) is 2.24. The van der Waals surface area contributed by atoms with Gasteiger partial charge in [-0.3, -0.25) is 9.69 Å². The van der Waals surface area contributed by atoms with Crippen molar-refractivity contribution in [2.45, 2.75) is 43.8 Å². The highest BCUT2D eigenvalue weighted by atomic mass is 16.1. The molecular formula is C22H23NO. The molecule has 5 rings (SSSR count). The molecular weight excluding hydrogens is 294 g/mol. The molecule has 3 fully saturated rings. The average Bonchev–Trinajstić information content (AvgIpc) is 3.00. The lowest BCUT2D eigenvalue weighted by Crippen LogP contribution is -2.29. The molecule has 24 heavy (non-hydrogen) atoms. The van der Waals surface area contributed by atoms with E-state index in [2.05, 4.69) is 35.2 Å². The maximum atomic E-state index is 13.1. The van der Waals surface area contributed by atoms with Gasteiger partial charge in [0.2, 0.25) is 0 Å². The summed E-state index contributed by atoms with van der Waals surface area (Å²) >= 11 is 0. The molecule has 0 amide bonds. The van der Waals surface area contributed by atoms with Gasteiger partial charge in [0.15, 0.2) is 5.78 Å². The van der Waals surface area contributed by atoms with Crippen LogP contribution >= 0.6 is 0 Å². The highest BCUT2D eigenvalue weighted by Crippen LogP contribution is 2.56. The van der Waals surface area contributed by atoms with Crippen LogP contribution in [0.3, 0.4) is 0 Å². The summed E-state index contributed by atoms with van der Waals surface area (Å²) in [5.74, 6) is 2.02. The van der Waals surface area contributed by atoms with Crippen molar-refractivity contribution in [3.8, 4) is 0 Å². The fraction of sp³-hybridized carbons (Fsp3) is 0.409. The second kappa shape index (κ2) is 5.56. The van der Waals surface area contributed by atoms with E-state index in [1.54, 1.807) is 0 Å². The van der Waals surface area contributed by atoms with E-state index >= 15 is 0 Å². The smallest absolute Gasteiger partial charge is 0.181 e. The number of hydrogen-bond acceptors (Lipinski definition) is 2. The van der Waals surface area contributed by atoms with E-state index in [0.717, 1.165) is 17.4 Å². The Hall–Kier alpha value is -1.93. The quantitative estimate of drug-likeness (QED) is 0.612. The first-order valence-corrected chi connectivity index (χ1v) is 9.24. The normalized spacial score (nSPS) is 36.7. The largest absolute Gasteiger partial charge is 0.292 e. The van der Waals surface area contributed by atoms with Gasteiger partial charge in [0.25, 0.3) is 0 Å². The van der Waals surface area contributed by atoms with Crippen LogP contribution in [0.15, 0.2) is 60.7 Å². The number of benzene rings is 2. The number of ketones is 1. The van der Waals surface area contributed by atoms with Crippen molar-refractivity contribution >= 4 is 5.78 Å². The van der Waals surface area contributed by atoms with E-state index in [0.29, 0.717) is 11.8 Å². The van der Waals surface area contributed by atoms with Crippen molar-refractivity contribution in [3.05, 3.63) is 71.8 Å². The summed E-state index contributed by atoms with van der Waals surface area (Å²) in [4.78, 5) is 15.7. The minimum absolute atomic E-state index is 0.0409. The molecule has 0 N–H and O–H groups in total. The maximum absolute atomic E-state index is 13.1. The van der Waals surface area contributed by atoms with Crippen LogP contribution in [-0.4, -0.2) is 22.8 Å². The number of fused-ring (bicyclic) bond motifs is 2. The summed E-state index contributed by atoms with van der Waals surface area (Å²) in [6.45, 7) is 0. The van der Waals surface area contributed by atoms with Crippen LogP contribution in [0.5, 0.6) is 0 Å². The SMILES string of the molecule is O=C(c1ccccc1)[C@@H]1[C@H](c2ccccc2)N1[C@@H]1C[C@H]2CC[C@@H]1C2. The van der Waals surface area contributed by atoms with Gasteiger partial charge in [-0.25, -0.2) is 0 Å². The molecule has 0 radical (unpaired) electrons. The lowest BCUT2D eigenvalue weighted by atomic mass is 9.95. The Morgan fingerprint density at radius 3 is 2.21 bits per heavy atom. The van der Waals surface area contributed by atoms with Gasteiger partial charge in [0, 0.05) is 11.6 Å². The van der Waals surface area contributed by atoms with Crippen molar-refractivity contribution in [1.29, 1.82) is 0 Å². The van der Waals surface area contributed by atoms with Crippen LogP contribution in [0.25, 0.3) is 0 Å². The van der Waals surface area contributed by atoms with Gasteiger partial charge in [-0.2, -0.15) is 0 Å². The van der Waals surface area contributed by atoms with Crippen LogP contribution in [-0.2, 0) is 0 Å². The molecule has 0 aromatic heterocycles. The monoisotopic (exact) mass is 317 g/mol. The van der Waals surface area contributed by atoms with Crippen LogP contribution in [0.1, 0.15) is 47.6 Å². The van der Waals surface area contributed by atoms with E-state index in [-0.39, 0.29) is 12.1 Å². The summed E-state index contributed by atoms with van der Waals surface area (Å²) in [7, 11) is 0. The number of nitrogens with zero attached hydrogens (tertiary/aromatic N) is 1. The Labute approximate surface area is 143 Å². The minimum atomic E-state index is 0.0409. The van der Waals surface area contributed by atoms with Crippen LogP contribution < -0.4 is 0 Å². The Morgan fingerprint density at radius 2 is 1.58 bits per heavy atom. The second-order valence-electron chi connectivity index (χ2n) is 7.72. The Balaban J connectivity index is 1.46. The lowest BCUT2D eigenvalue weighted by molar-refractivity contribution is 0.0960. The molecule has 2 aromatic carbocycles. The zero-order valence-electron chi connectivity index (χ0n) is 13.8. The molecule has 2 nitrogen and oxygen atoms in total. The number of Topliss-reactive ketones (excluding diaryl/α,β-unsaturated/α-hetero) is 1. The Morgan fingerprint density at radius 1 is 0.875 bits per heavy atom. The number of carbonyl (C=O) groups is 1. The van der Waals surface area contributed by atoms with Crippen LogP contribution in [0.4, 0.5) is 0 Å². The highest BCUT2D eigenvalue weighted by Gasteiger charge is 2.59. The molecule has 1 unspecified atom stereocenters.